The van der Waals surface area contributed by atoms with Gasteiger partial charge in [-0.1, -0.05) is 48.5 Å². The summed E-state index contributed by atoms with van der Waals surface area (Å²) in [7, 11) is 3.77. The fourth-order valence-electron chi connectivity index (χ4n) is 6.64. The Morgan fingerprint density at radius 2 is 2.00 bits per heavy atom. The van der Waals surface area contributed by atoms with E-state index >= 15 is 0 Å². The van der Waals surface area contributed by atoms with E-state index in [0.717, 1.165) is 40.6 Å². The molecule has 236 valence electrons. The zero-order valence-corrected chi connectivity index (χ0v) is 26.2. The van der Waals surface area contributed by atoms with Crippen molar-refractivity contribution in [3.8, 4) is 6.01 Å². The summed E-state index contributed by atoms with van der Waals surface area (Å²) in [5, 5.41) is 2.65. The van der Waals surface area contributed by atoms with Crippen molar-refractivity contribution in [2.24, 2.45) is 0 Å². The normalized spacial score (nSPS) is 23.5. The first-order valence-corrected chi connectivity index (χ1v) is 15.4. The van der Waals surface area contributed by atoms with Crippen molar-refractivity contribution in [1.29, 1.82) is 0 Å². The van der Waals surface area contributed by atoms with Gasteiger partial charge in [-0.05, 0) is 30.5 Å². The zero-order valence-electron chi connectivity index (χ0n) is 25.4. The number of aromatic nitrogens is 2. The number of hydrogen-bond acceptors (Lipinski definition) is 8. The van der Waals surface area contributed by atoms with E-state index in [-0.39, 0.29) is 44.0 Å². The molecule has 45 heavy (non-hydrogen) atoms. The number of likely N-dealkylation sites (tertiary alicyclic amines) is 1. The summed E-state index contributed by atoms with van der Waals surface area (Å²) >= 11 is 6.66. The second-order valence-electron chi connectivity index (χ2n) is 11.8. The molecule has 1 unspecified atom stereocenters. The van der Waals surface area contributed by atoms with E-state index in [1.54, 1.807) is 7.11 Å². The van der Waals surface area contributed by atoms with Crippen LogP contribution in [0.15, 0.2) is 48.8 Å². The molecule has 0 spiro atoms. The maximum Gasteiger partial charge on any atom is 0.318 e. The van der Waals surface area contributed by atoms with Crippen LogP contribution in [0.25, 0.3) is 15.6 Å². The summed E-state index contributed by atoms with van der Waals surface area (Å²) in [5.74, 6) is -1.18. The van der Waals surface area contributed by atoms with Crippen LogP contribution in [0, 0.1) is 6.57 Å². The average molecular weight is 635 g/mol. The summed E-state index contributed by atoms with van der Waals surface area (Å²) in [6, 6.07) is 11.8. The van der Waals surface area contributed by atoms with Gasteiger partial charge in [-0.2, -0.15) is 9.97 Å². The number of benzene rings is 2. The van der Waals surface area contributed by atoms with E-state index in [9.17, 15) is 9.18 Å². The van der Waals surface area contributed by atoms with Gasteiger partial charge in [0.25, 0.3) is 5.91 Å². The molecule has 2 saturated heterocycles. The molecular weight excluding hydrogens is 599 g/mol. The van der Waals surface area contributed by atoms with Crippen molar-refractivity contribution in [2.45, 2.75) is 43.7 Å². The van der Waals surface area contributed by atoms with Gasteiger partial charge in [-0.3, -0.25) is 9.69 Å². The smallest absolute Gasteiger partial charge is 0.318 e. The van der Waals surface area contributed by atoms with E-state index in [4.69, 9.17) is 42.4 Å². The number of rotatable bonds is 8. The van der Waals surface area contributed by atoms with Crippen LogP contribution in [0.2, 0.25) is 5.02 Å². The number of halogens is 2. The van der Waals surface area contributed by atoms with Gasteiger partial charge in [-0.25, -0.2) is 11.0 Å². The van der Waals surface area contributed by atoms with Crippen molar-refractivity contribution < 1.29 is 23.4 Å². The number of piperazine rings is 1. The van der Waals surface area contributed by atoms with E-state index in [1.807, 2.05) is 48.3 Å². The van der Waals surface area contributed by atoms with Crippen LogP contribution in [0.1, 0.15) is 29.3 Å². The Bertz CT molecular complexity index is 1640. The molecule has 0 radical (unpaired) electrons. The molecule has 6 rings (SSSR count). The predicted molar refractivity (Wildman–Crippen MR) is 169 cm³/mol. The highest BCUT2D eigenvalue weighted by Gasteiger charge is 2.37. The topological polar surface area (TPSA) is 84.6 Å². The molecule has 12 heteroatoms. The first kappa shape index (κ1) is 31.2. The number of amides is 1. The molecule has 2 aromatic carbocycles. The van der Waals surface area contributed by atoms with E-state index in [1.165, 1.54) is 4.90 Å². The molecule has 4 atom stereocenters. The molecule has 2 fully saturated rings. The average Bonchev–Trinajstić information content (AvgIpc) is 3.42. The lowest BCUT2D eigenvalue weighted by Crippen LogP contribution is -2.57. The largest absolute Gasteiger partial charge is 0.462 e. The molecule has 10 nitrogen and oxygen atoms in total. The number of carbonyl (C=O) groups excluding carboxylic acids is 1. The van der Waals surface area contributed by atoms with Crippen LogP contribution in [0.5, 0.6) is 6.01 Å². The van der Waals surface area contributed by atoms with Crippen molar-refractivity contribution in [3.63, 3.8) is 0 Å². The van der Waals surface area contributed by atoms with Crippen LogP contribution in [-0.2, 0) is 27.3 Å². The van der Waals surface area contributed by atoms with Gasteiger partial charge in [-0.15, -0.1) is 0 Å². The van der Waals surface area contributed by atoms with Crippen molar-refractivity contribution in [2.75, 3.05) is 58.4 Å². The van der Waals surface area contributed by atoms with Crippen LogP contribution >= 0.6 is 11.6 Å². The minimum absolute atomic E-state index is 0.0290. The number of carbonyl (C=O) groups is 1. The molecule has 0 bridgehead atoms. The first-order valence-electron chi connectivity index (χ1n) is 15.0. The number of nitrogens with zero attached hydrogens (tertiary/aromatic N) is 6. The number of methoxy groups -OCH3 is 1. The first-order chi connectivity index (χ1) is 21.8. The predicted octanol–water partition coefficient (Wildman–Crippen LogP) is 4.61. The summed E-state index contributed by atoms with van der Waals surface area (Å²) in [4.78, 5) is 31.4. The molecule has 0 N–H and O–H groups in total. The Kier molecular flexibility index (Phi) is 9.19. The second-order valence-corrected chi connectivity index (χ2v) is 12.2. The summed E-state index contributed by atoms with van der Waals surface area (Å²) < 4.78 is 32.1. The fraction of sp³-hybridized carbons (Fsp3) is 0.455. The lowest BCUT2D eigenvalue weighted by atomic mass is 9.94. The molecule has 3 aromatic rings. The SMILES string of the molecule is [C-]#[N+]C[C@H]1CN(c2nc(OC[C@@H]3C[C@H](OC)CN3C)nc3c2COC(c2cccc4cccc(Cl)c24)C3)CCN1C(=O)C(=C)F. The molecule has 0 aliphatic carbocycles. The van der Waals surface area contributed by atoms with Gasteiger partial charge >= 0.3 is 6.01 Å². The summed E-state index contributed by atoms with van der Waals surface area (Å²) in [6.07, 6.45) is 1.18. The second kappa shape index (κ2) is 13.3. The highest BCUT2D eigenvalue weighted by Crippen LogP contribution is 2.39. The third kappa shape index (κ3) is 6.33. The number of likely N-dealkylation sites (N-methyl/N-ethyl adjacent to an activating group) is 1. The minimum Gasteiger partial charge on any atom is -0.462 e. The van der Waals surface area contributed by atoms with Crippen LogP contribution < -0.4 is 9.64 Å². The lowest BCUT2D eigenvalue weighted by molar-refractivity contribution is -0.131. The zero-order chi connectivity index (χ0) is 31.7. The van der Waals surface area contributed by atoms with Crippen molar-refractivity contribution in [1.82, 2.24) is 19.8 Å². The van der Waals surface area contributed by atoms with Crippen molar-refractivity contribution in [3.05, 3.63) is 82.1 Å². The van der Waals surface area contributed by atoms with Gasteiger partial charge < -0.3 is 28.9 Å². The minimum atomic E-state index is -1.03. The van der Waals surface area contributed by atoms with Crippen LogP contribution in [0.4, 0.5) is 10.2 Å². The fourth-order valence-corrected chi connectivity index (χ4v) is 6.94. The maximum atomic E-state index is 13.8. The standard InChI is InChI=1S/C33H36ClFN6O4/c1-20(35)32(42)41-12-11-40(16-23(41)15-36-2)31-26-19-44-29(25-9-5-7-21-8-6-10-27(34)30(21)25)14-28(26)37-33(38-31)45-18-22-13-24(43-4)17-39(22)3/h5-10,22-24,29H,1,11-19H2,3-4H3/t22-,23-,24-,29?/m0/s1. The third-order valence-corrected chi connectivity index (χ3v) is 9.37. The van der Waals surface area contributed by atoms with Crippen molar-refractivity contribution >= 4 is 34.1 Å². The Labute approximate surface area is 267 Å². The number of hydrogen-bond donors (Lipinski definition) is 0. The molecule has 1 aromatic heterocycles. The van der Waals surface area contributed by atoms with Gasteiger partial charge in [0.15, 0.2) is 5.83 Å². The summed E-state index contributed by atoms with van der Waals surface area (Å²) in [5.41, 5.74) is 2.63. The molecule has 0 saturated carbocycles. The molecule has 3 aliphatic heterocycles. The number of anilines is 1. The molecule has 4 heterocycles. The quantitative estimate of drug-likeness (QED) is 0.262. The van der Waals surface area contributed by atoms with Gasteiger partial charge in [0.2, 0.25) is 6.54 Å². The van der Waals surface area contributed by atoms with Crippen LogP contribution in [-0.4, -0.2) is 97.4 Å². The number of fused-ring (bicyclic) bond motifs is 2. The van der Waals surface area contributed by atoms with E-state index in [2.05, 4.69) is 16.3 Å². The Morgan fingerprint density at radius 3 is 2.73 bits per heavy atom. The molecule has 1 amide bonds. The highest BCUT2D eigenvalue weighted by molar-refractivity contribution is 6.35. The molecular formula is C33H36ClFN6O4. The summed E-state index contributed by atoms with van der Waals surface area (Å²) in [6.45, 7) is 13.0. The van der Waals surface area contributed by atoms with E-state index in [0.29, 0.717) is 37.0 Å². The highest BCUT2D eigenvalue weighted by atomic mass is 35.5. The van der Waals surface area contributed by atoms with Crippen LogP contribution in [0.3, 0.4) is 0 Å². The van der Waals surface area contributed by atoms with E-state index < -0.39 is 17.8 Å². The van der Waals surface area contributed by atoms with Gasteiger partial charge in [0, 0.05) is 61.7 Å². The molecule has 3 aliphatic rings. The van der Waals surface area contributed by atoms with Gasteiger partial charge in [0.1, 0.15) is 18.5 Å². The lowest BCUT2D eigenvalue weighted by Gasteiger charge is -2.40. The van der Waals surface area contributed by atoms with Gasteiger partial charge in [0.05, 0.1) is 24.5 Å². The Morgan fingerprint density at radius 1 is 1.20 bits per heavy atom. The Hall–Kier alpha value is -3.82. The number of ether oxygens (including phenoxy) is 3. The monoisotopic (exact) mass is 634 g/mol. The maximum absolute atomic E-state index is 13.8. The third-order valence-electron chi connectivity index (χ3n) is 9.06. The Balaban J connectivity index is 1.33.